The highest BCUT2D eigenvalue weighted by molar-refractivity contribution is 14.1. The average Bonchev–Trinajstić information content (AvgIpc) is 3.41. The smallest absolute Gasteiger partial charge is 0.338 e. The Morgan fingerprint density at radius 1 is 1.04 bits per heavy atom. The molecule has 0 saturated heterocycles. The molecule has 7 nitrogen and oxygen atoms in total. The number of methoxy groups -OCH3 is 1. The molecule has 0 fully saturated rings. The summed E-state index contributed by atoms with van der Waals surface area (Å²) in [6, 6.07) is 28.7. The molecule has 0 amide bonds. The third-order valence-corrected chi connectivity index (χ3v) is 10.5. The maximum atomic E-state index is 14.4. The van der Waals surface area contributed by atoms with E-state index < -0.39 is 12.0 Å². The van der Waals surface area contributed by atoms with E-state index in [1.54, 1.807) is 18.6 Å². The summed E-state index contributed by atoms with van der Waals surface area (Å²) >= 11 is 6.98. The van der Waals surface area contributed by atoms with Crippen molar-refractivity contribution in [2.75, 3.05) is 13.7 Å². The molecule has 6 rings (SSSR count). The molecule has 0 unspecified atom stereocenters. The van der Waals surface area contributed by atoms with Crippen LogP contribution >= 0.6 is 49.9 Å². The number of thiazole rings is 1. The number of halogens is 2. The molecule has 49 heavy (non-hydrogen) atoms. The van der Waals surface area contributed by atoms with Gasteiger partial charge in [-0.15, -0.1) is 0 Å². The fourth-order valence-electron chi connectivity index (χ4n) is 5.67. The standard InChI is InChI=1S/C39H34BrIN2O5S/c1-5-47-38(45)33-34(27-9-7-6-8-10-27)42-39-43(35(33)28-15-13-26(14-16-28)23(2)3)37(44)32(49-39)21-25-19-30(41)36(31(20-25)46-4)48-22-24-11-17-29(40)18-12-24/h6-21,23,35H,5,22H2,1-4H3/b32-21-/t35-/m1/s1. The predicted octanol–water partition coefficient (Wildman–Crippen LogP) is 8.01. The van der Waals surface area contributed by atoms with Gasteiger partial charge in [0.1, 0.15) is 6.61 Å². The Morgan fingerprint density at radius 3 is 2.41 bits per heavy atom. The van der Waals surface area contributed by atoms with Gasteiger partial charge in [-0.3, -0.25) is 9.36 Å². The molecule has 1 aliphatic rings. The van der Waals surface area contributed by atoms with E-state index in [2.05, 4.69) is 64.5 Å². The molecular formula is C39H34BrIN2O5S. The molecule has 0 bridgehead atoms. The summed E-state index contributed by atoms with van der Waals surface area (Å²) in [4.78, 5) is 33.6. The van der Waals surface area contributed by atoms with Crippen molar-refractivity contribution in [3.63, 3.8) is 0 Å². The van der Waals surface area contributed by atoms with Crippen molar-refractivity contribution in [2.24, 2.45) is 4.99 Å². The lowest BCUT2D eigenvalue weighted by atomic mass is 9.91. The number of ether oxygens (including phenoxy) is 3. The van der Waals surface area contributed by atoms with Crippen molar-refractivity contribution in [3.05, 3.63) is 152 Å². The topological polar surface area (TPSA) is 79.1 Å². The minimum absolute atomic E-state index is 0.192. The molecule has 0 saturated carbocycles. The summed E-state index contributed by atoms with van der Waals surface area (Å²) in [5.74, 6) is 1.01. The van der Waals surface area contributed by atoms with Crippen molar-refractivity contribution >= 4 is 67.6 Å². The largest absolute Gasteiger partial charge is 0.493 e. The number of fused-ring (bicyclic) bond motifs is 1. The Morgan fingerprint density at radius 2 is 1.76 bits per heavy atom. The molecule has 1 atom stereocenters. The zero-order valence-electron chi connectivity index (χ0n) is 27.4. The Hall–Kier alpha value is -4.00. The van der Waals surface area contributed by atoms with Crippen LogP contribution in [0.4, 0.5) is 0 Å². The van der Waals surface area contributed by atoms with Gasteiger partial charge < -0.3 is 14.2 Å². The second-order valence-corrected chi connectivity index (χ2v) is 14.8. The number of rotatable bonds is 10. The van der Waals surface area contributed by atoms with Crippen LogP contribution in [0, 0.1) is 3.57 Å². The van der Waals surface area contributed by atoms with Crippen LogP contribution in [-0.4, -0.2) is 24.3 Å². The molecule has 250 valence electrons. The quantitative estimate of drug-likeness (QED) is 0.105. The van der Waals surface area contributed by atoms with E-state index in [9.17, 15) is 9.59 Å². The third kappa shape index (κ3) is 7.46. The number of hydrogen-bond acceptors (Lipinski definition) is 7. The van der Waals surface area contributed by atoms with E-state index >= 15 is 0 Å². The number of esters is 1. The summed E-state index contributed by atoms with van der Waals surface area (Å²) < 4.78 is 21.5. The summed E-state index contributed by atoms with van der Waals surface area (Å²) in [7, 11) is 1.60. The van der Waals surface area contributed by atoms with Crippen LogP contribution in [0.5, 0.6) is 11.5 Å². The first-order valence-electron chi connectivity index (χ1n) is 15.8. The van der Waals surface area contributed by atoms with E-state index in [4.69, 9.17) is 19.2 Å². The lowest BCUT2D eigenvalue weighted by Crippen LogP contribution is -2.40. The van der Waals surface area contributed by atoms with Gasteiger partial charge in [0.25, 0.3) is 5.56 Å². The average molecular weight is 850 g/mol. The number of nitrogens with zero attached hydrogens (tertiary/aromatic N) is 2. The first-order valence-corrected chi connectivity index (χ1v) is 18.5. The molecule has 0 N–H and O–H groups in total. The Balaban J connectivity index is 1.49. The minimum Gasteiger partial charge on any atom is -0.493 e. The van der Waals surface area contributed by atoms with Gasteiger partial charge in [-0.05, 0) is 88.0 Å². The first kappa shape index (κ1) is 34.8. The molecule has 10 heteroatoms. The van der Waals surface area contributed by atoms with Crippen LogP contribution in [0.1, 0.15) is 60.5 Å². The number of carbonyl (C=O) groups excluding carboxylic acids is 1. The van der Waals surface area contributed by atoms with Crippen LogP contribution in [0.25, 0.3) is 11.8 Å². The Bertz CT molecular complexity index is 2210. The van der Waals surface area contributed by atoms with Crippen molar-refractivity contribution in [2.45, 2.75) is 39.3 Å². The molecule has 4 aromatic carbocycles. The fraction of sp³-hybridized carbons (Fsp3) is 0.205. The monoisotopic (exact) mass is 848 g/mol. The molecule has 0 spiro atoms. The van der Waals surface area contributed by atoms with Gasteiger partial charge in [0, 0.05) is 10.0 Å². The number of aromatic nitrogens is 1. The highest BCUT2D eigenvalue weighted by Gasteiger charge is 2.35. The van der Waals surface area contributed by atoms with E-state index in [0.29, 0.717) is 44.6 Å². The number of benzene rings is 4. The molecule has 0 aliphatic carbocycles. The summed E-state index contributed by atoms with van der Waals surface area (Å²) in [6.07, 6.45) is 1.84. The highest BCUT2D eigenvalue weighted by Crippen LogP contribution is 2.37. The lowest BCUT2D eigenvalue weighted by Gasteiger charge is -2.26. The summed E-state index contributed by atoms with van der Waals surface area (Å²) in [5.41, 5.74) is 5.09. The highest BCUT2D eigenvalue weighted by atomic mass is 127. The van der Waals surface area contributed by atoms with E-state index in [1.807, 2.05) is 84.9 Å². The van der Waals surface area contributed by atoms with Crippen molar-refractivity contribution < 1.29 is 19.0 Å². The van der Waals surface area contributed by atoms with Gasteiger partial charge in [0.2, 0.25) is 0 Å². The molecule has 2 heterocycles. The van der Waals surface area contributed by atoms with Gasteiger partial charge in [-0.25, -0.2) is 9.79 Å². The molecule has 5 aromatic rings. The predicted molar refractivity (Wildman–Crippen MR) is 206 cm³/mol. The molecule has 1 aliphatic heterocycles. The Kier molecular flexibility index (Phi) is 10.9. The van der Waals surface area contributed by atoms with Crippen molar-refractivity contribution in [1.82, 2.24) is 4.57 Å². The zero-order chi connectivity index (χ0) is 34.7. The van der Waals surface area contributed by atoms with Crippen LogP contribution in [0.2, 0.25) is 0 Å². The van der Waals surface area contributed by atoms with Crippen LogP contribution in [0.15, 0.2) is 111 Å². The lowest BCUT2D eigenvalue weighted by molar-refractivity contribution is -0.138. The second kappa shape index (κ2) is 15.3. The van der Waals surface area contributed by atoms with Gasteiger partial charge in [-0.1, -0.05) is 108 Å². The number of hydrogen-bond donors (Lipinski definition) is 0. The normalized spacial score (nSPS) is 14.4. The second-order valence-electron chi connectivity index (χ2n) is 11.7. The maximum absolute atomic E-state index is 14.4. The van der Waals surface area contributed by atoms with Gasteiger partial charge >= 0.3 is 5.97 Å². The SMILES string of the molecule is CCOC(=O)C1=C(c2ccccc2)N=c2s/c(=C\c3cc(I)c(OCc4ccc(Br)cc4)c(OC)c3)c(=O)n2[C@@H]1c1ccc(C(C)C)cc1. The van der Waals surface area contributed by atoms with E-state index in [0.717, 1.165) is 35.9 Å². The molecule has 1 aromatic heterocycles. The minimum atomic E-state index is -0.738. The first-order chi connectivity index (χ1) is 23.7. The van der Waals surface area contributed by atoms with E-state index in [1.165, 1.54) is 11.3 Å². The third-order valence-electron chi connectivity index (χ3n) is 8.14. The Labute approximate surface area is 310 Å². The molecular weight excluding hydrogens is 815 g/mol. The van der Waals surface area contributed by atoms with Crippen LogP contribution < -0.4 is 24.4 Å². The summed E-state index contributed by atoms with van der Waals surface area (Å²) in [5, 5.41) is 0. The maximum Gasteiger partial charge on any atom is 0.338 e. The van der Waals surface area contributed by atoms with Crippen molar-refractivity contribution in [3.8, 4) is 11.5 Å². The fourth-order valence-corrected chi connectivity index (χ4v) is 7.72. The number of carbonyl (C=O) groups is 1. The van der Waals surface area contributed by atoms with Crippen LogP contribution in [-0.2, 0) is 16.1 Å². The van der Waals surface area contributed by atoms with Crippen LogP contribution in [0.3, 0.4) is 0 Å². The van der Waals surface area contributed by atoms with Gasteiger partial charge in [0.05, 0.1) is 39.1 Å². The van der Waals surface area contributed by atoms with E-state index in [-0.39, 0.29) is 12.2 Å². The van der Waals surface area contributed by atoms with Crippen molar-refractivity contribution in [1.29, 1.82) is 0 Å². The molecule has 0 radical (unpaired) electrons. The van der Waals surface area contributed by atoms with Gasteiger partial charge in [0.15, 0.2) is 16.3 Å². The summed E-state index contributed by atoms with van der Waals surface area (Å²) in [6.45, 7) is 6.61. The zero-order valence-corrected chi connectivity index (χ0v) is 32.0. The van der Waals surface area contributed by atoms with Gasteiger partial charge in [-0.2, -0.15) is 0 Å².